The minimum absolute atomic E-state index is 0.0643. The minimum atomic E-state index is -1.09. The average Bonchev–Trinajstić information content (AvgIpc) is 2.88. The molecule has 0 aromatic rings. The van der Waals surface area contributed by atoms with Crippen molar-refractivity contribution in [3.8, 4) is 0 Å². The lowest BCUT2D eigenvalue weighted by Gasteiger charge is -2.27. The van der Waals surface area contributed by atoms with Crippen molar-refractivity contribution in [2.45, 2.75) is 85.0 Å². The normalized spacial score (nSPS) is 21.4. The molecule has 0 spiro atoms. The van der Waals surface area contributed by atoms with Crippen LogP contribution < -0.4 is 5.32 Å². The molecule has 0 aliphatic carbocycles. The van der Waals surface area contributed by atoms with Gasteiger partial charge in [0.15, 0.2) is 0 Å². The van der Waals surface area contributed by atoms with Gasteiger partial charge in [-0.15, -0.1) is 0 Å². The molecule has 25 heavy (non-hydrogen) atoms. The van der Waals surface area contributed by atoms with Crippen molar-refractivity contribution in [3.63, 3.8) is 0 Å². The Morgan fingerprint density at radius 2 is 1.96 bits per heavy atom. The maximum atomic E-state index is 12.4. The number of ether oxygens (including phenoxy) is 2. The number of carbonyl (C=O) groups excluding carboxylic acids is 2. The van der Waals surface area contributed by atoms with Gasteiger partial charge in [-0.3, -0.25) is 0 Å². The number of nitrogens with one attached hydrogen (secondary N) is 1. The van der Waals surface area contributed by atoms with E-state index in [9.17, 15) is 9.59 Å². The SMILES string of the molecule is CCCC1(C(=O)OCC)CC([C@@H](NC(=O)OC(C)(C)C)C(C)C)=NO1. The Morgan fingerprint density at radius 1 is 1.32 bits per heavy atom. The summed E-state index contributed by atoms with van der Waals surface area (Å²) in [5, 5.41) is 6.97. The molecule has 0 fully saturated rings. The molecule has 0 saturated heterocycles. The van der Waals surface area contributed by atoms with Crippen LogP contribution in [0.25, 0.3) is 0 Å². The molecule has 7 nitrogen and oxygen atoms in total. The number of rotatable bonds is 7. The Labute approximate surface area is 150 Å². The van der Waals surface area contributed by atoms with Crippen LogP contribution in [0.3, 0.4) is 0 Å². The third-order valence-corrected chi connectivity index (χ3v) is 3.80. The van der Waals surface area contributed by atoms with Crippen molar-refractivity contribution < 1.29 is 23.9 Å². The van der Waals surface area contributed by atoms with Crippen molar-refractivity contribution in [3.05, 3.63) is 0 Å². The Kier molecular flexibility index (Phi) is 7.26. The second-order valence-electron chi connectivity index (χ2n) is 7.68. The smallest absolute Gasteiger partial charge is 0.408 e. The quantitative estimate of drug-likeness (QED) is 0.706. The van der Waals surface area contributed by atoms with Gasteiger partial charge >= 0.3 is 12.1 Å². The first kappa shape index (κ1) is 21.3. The predicted molar refractivity (Wildman–Crippen MR) is 95.4 cm³/mol. The fourth-order valence-corrected chi connectivity index (χ4v) is 2.75. The zero-order chi connectivity index (χ0) is 19.3. The first-order valence-corrected chi connectivity index (χ1v) is 8.96. The first-order chi connectivity index (χ1) is 11.5. The van der Waals surface area contributed by atoms with E-state index < -0.39 is 23.3 Å². The molecule has 0 bridgehead atoms. The van der Waals surface area contributed by atoms with E-state index in [1.807, 2.05) is 20.8 Å². The van der Waals surface area contributed by atoms with E-state index in [0.717, 1.165) is 6.42 Å². The summed E-state index contributed by atoms with van der Waals surface area (Å²) in [6, 6.07) is -0.372. The predicted octanol–water partition coefficient (Wildman–Crippen LogP) is 3.41. The highest BCUT2D eigenvalue weighted by Gasteiger charge is 2.49. The van der Waals surface area contributed by atoms with E-state index >= 15 is 0 Å². The van der Waals surface area contributed by atoms with E-state index in [2.05, 4.69) is 10.5 Å². The van der Waals surface area contributed by atoms with Gasteiger partial charge in [-0.2, -0.15) is 0 Å². The number of hydrogen-bond donors (Lipinski definition) is 1. The Morgan fingerprint density at radius 3 is 2.44 bits per heavy atom. The highest BCUT2D eigenvalue weighted by molar-refractivity contribution is 5.98. The van der Waals surface area contributed by atoms with Crippen molar-refractivity contribution in [1.82, 2.24) is 5.32 Å². The topological polar surface area (TPSA) is 86.2 Å². The molecular weight excluding hydrogens is 324 g/mol. The van der Waals surface area contributed by atoms with Gasteiger partial charge in [0.2, 0.25) is 5.60 Å². The Bertz CT molecular complexity index is 510. The number of amides is 1. The van der Waals surface area contributed by atoms with Gasteiger partial charge in [0.25, 0.3) is 0 Å². The van der Waals surface area contributed by atoms with Crippen molar-refractivity contribution >= 4 is 17.8 Å². The van der Waals surface area contributed by atoms with Crippen molar-refractivity contribution in [2.75, 3.05) is 6.61 Å². The van der Waals surface area contributed by atoms with E-state index in [0.29, 0.717) is 18.6 Å². The number of carbonyl (C=O) groups is 2. The highest BCUT2D eigenvalue weighted by Crippen LogP contribution is 2.32. The van der Waals surface area contributed by atoms with Crippen molar-refractivity contribution in [1.29, 1.82) is 0 Å². The highest BCUT2D eigenvalue weighted by atomic mass is 16.7. The number of oxime groups is 1. The molecule has 2 atom stereocenters. The molecule has 0 aromatic carbocycles. The van der Waals surface area contributed by atoms with Crippen LogP contribution in [0, 0.1) is 5.92 Å². The molecular formula is C18H32N2O5. The van der Waals surface area contributed by atoms with Gasteiger partial charge in [0.05, 0.1) is 18.4 Å². The summed E-state index contributed by atoms with van der Waals surface area (Å²) in [6.07, 6.45) is 1.06. The van der Waals surface area contributed by atoms with Crippen LogP contribution in [-0.4, -0.2) is 41.6 Å². The van der Waals surface area contributed by atoms with E-state index in [-0.39, 0.29) is 18.6 Å². The molecule has 144 valence electrons. The maximum Gasteiger partial charge on any atom is 0.408 e. The zero-order valence-electron chi connectivity index (χ0n) is 16.5. The largest absolute Gasteiger partial charge is 0.463 e. The lowest BCUT2D eigenvalue weighted by molar-refractivity contribution is -0.170. The lowest BCUT2D eigenvalue weighted by atomic mass is 9.87. The summed E-state index contributed by atoms with van der Waals surface area (Å²) in [4.78, 5) is 30.0. The fraction of sp³-hybridized carbons (Fsp3) is 0.833. The molecule has 7 heteroatoms. The summed E-state index contributed by atoms with van der Waals surface area (Å²) in [6.45, 7) is 13.4. The third-order valence-electron chi connectivity index (χ3n) is 3.80. The monoisotopic (exact) mass is 356 g/mol. The summed E-state index contributed by atoms with van der Waals surface area (Å²) in [5.74, 6) is -0.343. The summed E-state index contributed by atoms with van der Waals surface area (Å²) >= 11 is 0. The van der Waals surface area contributed by atoms with Crippen LogP contribution in [0.5, 0.6) is 0 Å². The molecule has 1 unspecified atom stereocenters. The van der Waals surface area contributed by atoms with Crippen LogP contribution in [-0.2, 0) is 19.1 Å². The summed E-state index contributed by atoms with van der Waals surface area (Å²) < 4.78 is 10.5. The fourth-order valence-electron chi connectivity index (χ4n) is 2.75. The van der Waals surface area contributed by atoms with Crippen LogP contribution in [0.4, 0.5) is 4.79 Å². The van der Waals surface area contributed by atoms with Gasteiger partial charge < -0.3 is 19.6 Å². The molecule has 0 saturated carbocycles. The lowest BCUT2D eigenvalue weighted by Crippen LogP contribution is -2.48. The number of esters is 1. The van der Waals surface area contributed by atoms with Crippen LogP contribution in [0.2, 0.25) is 0 Å². The average molecular weight is 356 g/mol. The van der Waals surface area contributed by atoms with E-state index in [4.69, 9.17) is 14.3 Å². The van der Waals surface area contributed by atoms with Gasteiger partial charge in [-0.25, -0.2) is 9.59 Å². The Balaban J connectivity index is 2.88. The molecule has 1 rings (SSSR count). The second-order valence-corrected chi connectivity index (χ2v) is 7.68. The molecule has 1 aliphatic heterocycles. The van der Waals surface area contributed by atoms with E-state index in [1.165, 1.54) is 0 Å². The standard InChI is InChI=1S/C18H32N2O5/c1-8-10-18(15(21)23-9-2)11-13(20-25-18)14(12(3)4)19-16(22)24-17(5,6)7/h12,14H,8-11H2,1-7H3,(H,19,22)/t14-,18?/m0/s1. The molecule has 0 radical (unpaired) electrons. The van der Waals surface area contributed by atoms with Gasteiger partial charge in [0.1, 0.15) is 5.60 Å². The summed E-state index contributed by atoms with van der Waals surface area (Å²) in [7, 11) is 0. The number of nitrogens with zero attached hydrogens (tertiary/aromatic N) is 1. The molecule has 1 heterocycles. The zero-order valence-corrected chi connectivity index (χ0v) is 16.5. The van der Waals surface area contributed by atoms with E-state index in [1.54, 1.807) is 27.7 Å². The number of alkyl carbamates (subject to hydrolysis) is 1. The van der Waals surface area contributed by atoms with Crippen LogP contribution in [0.15, 0.2) is 5.16 Å². The maximum absolute atomic E-state index is 12.4. The van der Waals surface area contributed by atoms with Gasteiger partial charge in [0, 0.05) is 12.8 Å². The minimum Gasteiger partial charge on any atom is -0.463 e. The van der Waals surface area contributed by atoms with Gasteiger partial charge in [-0.1, -0.05) is 32.3 Å². The van der Waals surface area contributed by atoms with Gasteiger partial charge in [-0.05, 0) is 33.6 Å². The second kappa shape index (κ2) is 8.54. The molecule has 1 N–H and O–H groups in total. The molecule has 1 aliphatic rings. The Hall–Kier alpha value is -1.79. The molecule has 0 aromatic heterocycles. The first-order valence-electron chi connectivity index (χ1n) is 8.96. The van der Waals surface area contributed by atoms with Crippen LogP contribution in [0.1, 0.15) is 67.7 Å². The van der Waals surface area contributed by atoms with Crippen molar-refractivity contribution in [2.24, 2.45) is 11.1 Å². The van der Waals surface area contributed by atoms with Crippen LogP contribution >= 0.6 is 0 Å². The number of hydrogen-bond acceptors (Lipinski definition) is 6. The molecule has 1 amide bonds. The summed E-state index contributed by atoms with van der Waals surface area (Å²) in [5.41, 5.74) is -1.05. The third kappa shape index (κ3) is 5.90.